The van der Waals surface area contributed by atoms with E-state index in [1.807, 2.05) is 6.92 Å². The van der Waals surface area contributed by atoms with Crippen molar-refractivity contribution >= 4 is 39.2 Å². The topological polar surface area (TPSA) is 111 Å². The number of amides is 1. The van der Waals surface area contributed by atoms with E-state index in [1.54, 1.807) is 24.3 Å². The summed E-state index contributed by atoms with van der Waals surface area (Å²) < 4.78 is 38.7. The lowest BCUT2D eigenvalue weighted by atomic mass is 9.96. The number of hydrogen-bond donors (Lipinski definition) is 2. The second-order valence-electron chi connectivity index (χ2n) is 8.45. The first kappa shape index (κ1) is 27.0. The summed E-state index contributed by atoms with van der Waals surface area (Å²) in [4.78, 5) is 24.3. The number of nitrogens with one attached hydrogen (secondary N) is 2. The van der Waals surface area contributed by atoms with Crippen molar-refractivity contribution in [2.45, 2.75) is 62.8 Å². The molecule has 3 rings (SSSR count). The molecule has 1 fully saturated rings. The minimum atomic E-state index is -3.69. The number of carbonyl (C=O) groups is 2. The van der Waals surface area contributed by atoms with Crippen molar-refractivity contribution in [1.82, 2.24) is 4.72 Å². The van der Waals surface area contributed by atoms with Gasteiger partial charge in [0, 0.05) is 11.7 Å². The standard InChI is InChI=1S/C25H31ClN2O6S/c1-2-3-15-33-25(30)18-9-11-19(12-10-18)27-24(29)17-34-23-14-13-21(16-22(23)26)35(31,32)28-20-7-5-4-6-8-20/h9-14,16,20,28H,2-8,15,17H2,1H3,(H,27,29). The lowest BCUT2D eigenvalue weighted by Crippen LogP contribution is -2.36. The number of halogens is 1. The van der Waals surface area contributed by atoms with E-state index in [0.29, 0.717) is 17.9 Å². The Labute approximate surface area is 211 Å². The number of rotatable bonds is 11. The van der Waals surface area contributed by atoms with Crippen LogP contribution in [-0.2, 0) is 19.6 Å². The fourth-order valence-corrected chi connectivity index (χ4v) is 5.33. The Bertz CT molecular complexity index is 1120. The van der Waals surface area contributed by atoms with E-state index >= 15 is 0 Å². The first-order valence-electron chi connectivity index (χ1n) is 11.8. The Kier molecular flexibility index (Phi) is 9.94. The summed E-state index contributed by atoms with van der Waals surface area (Å²) in [6.07, 6.45) is 6.55. The van der Waals surface area contributed by atoms with Crippen molar-refractivity contribution in [3.8, 4) is 5.75 Å². The van der Waals surface area contributed by atoms with Gasteiger partial charge < -0.3 is 14.8 Å². The maximum atomic E-state index is 12.7. The predicted octanol–water partition coefficient (Wildman–Crippen LogP) is 4.93. The minimum absolute atomic E-state index is 0.0539. The zero-order chi connectivity index (χ0) is 25.3. The molecular formula is C25H31ClN2O6S. The van der Waals surface area contributed by atoms with Gasteiger partial charge in [-0.15, -0.1) is 0 Å². The fraction of sp³-hybridized carbons (Fsp3) is 0.440. The summed E-state index contributed by atoms with van der Waals surface area (Å²) in [5.74, 6) is -0.646. The molecule has 0 aliphatic heterocycles. The molecular weight excluding hydrogens is 492 g/mol. The predicted molar refractivity (Wildman–Crippen MR) is 134 cm³/mol. The molecule has 0 spiro atoms. The number of benzene rings is 2. The highest BCUT2D eigenvalue weighted by Gasteiger charge is 2.22. The number of hydrogen-bond acceptors (Lipinski definition) is 6. The van der Waals surface area contributed by atoms with Crippen LogP contribution in [0.4, 0.5) is 5.69 Å². The number of anilines is 1. The molecule has 1 aliphatic rings. The molecule has 8 nitrogen and oxygen atoms in total. The summed E-state index contributed by atoms with van der Waals surface area (Å²) in [6.45, 7) is 2.06. The van der Waals surface area contributed by atoms with Gasteiger partial charge in [0.25, 0.3) is 5.91 Å². The Morgan fingerprint density at radius 1 is 1.06 bits per heavy atom. The highest BCUT2D eigenvalue weighted by atomic mass is 35.5. The average molecular weight is 523 g/mol. The van der Waals surface area contributed by atoms with Gasteiger partial charge in [0.15, 0.2) is 6.61 Å². The highest BCUT2D eigenvalue weighted by molar-refractivity contribution is 7.89. The van der Waals surface area contributed by atoms with Crippen LogP contribution in [0.2, 0.25) is 5.02 Å². The van der Waals surface area contributed by atoms with E-state index in [0.717, 1.165) is 44.9 Å². The molecule has 0 radical (unpaired) electrons. The molecule has 2 aromatic rings. The van der Waals surface area contributed by atoms with Crippen LogP contribution in [0.15, 0.2) is 47.4 Å². The lowest BCUT2D eigenvalue weighted by molar-refractivity contribution is -0.118. The molecule has 0 heterocycles. The van der Waals surface area contributed by atoms with Crippen LogP contribution in [0.3, 0.4) is 0 Å². The molecule has 0 unspecified atom stereocenters. The summed E-state index contributed by atoms with van der Waals surface area (Å²) in [5, 5.41) is 2.76. The van der Waals surface area contributed by atoms with Crippen molar-refractivity contribution in [2.75, 3.05) is 18.5 Å². The van der Waals surface area contributed by atoms with Crippen LogP contribution in [0.25, 0.3) is 0 Å². The van der Waals surface area contributed by atoms with Gasteiger partial charge in [0.2, 0.25) is 10.0 Å². The Balaban J connectivity index is 1.51. The molecule has 2 N–H and O–H groups in total. The number of ether oxygens (including phenoxy) is 2. The van der Waals surface area contributed by atoms with E-state index in [9.17, 15) is 18.0 Å². The molecule has 1 aliphatic carbocycles. The highest BCUT2D eigenvalue weighted by Crippen LogP contribution is 2.28. The second kappa shape index (κ2) is 12.9. The number of carbonyl (C=O) groups excluding carboxylic acids is 2. The largest absolute Gasteiger partial charge is 0.482 e. The van der Waals surface area contributed by atoms with Gasteiger partial charge in [-0.25, -0.2) is 17.9 Å². The van der Waals surface area contributed by atoms with Gasteiger partial charge in [-0.05, 0) is 61.7 Å². The van der Waals surface area contributed by atoms with E-state index in [1.165, 1.54) is 18.2 Å². The smallest absolute Gasteiger partial charge is 0.338 e. The lowest BCUT2D eigenvalue weighted by Gasteiger charge is -2.22. The van der Waals surface area contributed by atoms with E-state index < -0.39 is 21.9 Å². The minimum Gasteiger partial charge on any atom is -0.482 e. The molecule has 1 amide bonds. The third kappa shape index (κ3) is 8.23. The van der Waals surface area contributed by atoms with Crippen LogP contribution < -0.4 is 14.8 Å². The third-order valence-electron chi connectivity index (χ3n) is 5.63. The number of sulfonamides is 1. The van der Waals surface area contributed by atoms with Crippen molar-refractivity contribution < 1.29 is 27.5 Å². The second-order valence-corrected chi connectivity index (χ2v) is 10.6. The van der Waals surface area contributed by atoms with E-state index in [4.69, 9.17) is 21.1 Å². The Morgan fingerprint density at radius 2 is 1.77 bits per heavy atom. The number of unbranched alkanes of at least 4 members (excludes halogenated alkanes) is 1. The van der Waals surface area contributed by atoms with Crippen LogP contribution in [0.5, 0.6) is 5.75 Å². The van der Waals surface area contributed by atoms with E-state index in [-0.39, 0.29) is 28.3 Å². The molecule has 0 atom stereocenters. The zero-order valence-electron chi connectivity index (χ0n) is 19.7. The molecule has 10 heteroatoms. The fourth-order valence-electron chi connectivity index (χ4n) is 3.70. The van der Waals surface area contributed by atoms with Gasteiger partial charge >= 0.3 is 5.97 Å². The number of esters is 1. The summed E-state index contributed by atoms with van der Waals surface area (Å²) in [5.41, 5.74) is 0.889. The first-order chi connectivity index (χ1) is 16.8. The van der Waals surface area contributed by atoms with Crippen LogP contribution in [-0.4, -0.2) is 39.5 Å². The Morgan fingerprint density at radius 3 is 2.43 bits per heavy atom. The maximum absolute atomic E-state index is 12.7. The average Bonchev–Trinajstić information content (AvgIpc) is 2.84. The van der Waals surface area contributed by atoms with Gasteiger partial charge in [-0.1, -0.05) is 44.2 Å². The van der Waals surface area contributed by atoms with Gasteiger partial charge in [0.1, 0.15) is 5.75 Å². The van der Waals surface area contributed by atoms with Gasteiger partial charge in [-0.2, -0.15) is 0 Å². The first-order valence-corrected chi connectivity index (χ1v) is 13.7. The van der Waals surface area contributed by atoms with Crippen molar-refractivity contribution in [1.29, 1.82) is 0 Å². The Hall–Kier alpha value is -2.62. The van der Waals surface area contributed by atoms with E-state index in [2.05, 4.69) is 10.0 Å². The van der Waals surface area contributed by atoms with Crippen LogP contribution in [0, 0.1) is 0 Å². The molecule has 0 aromatic heterocycles. The maximum Gasteiger partial charge on any atom is 0.338 e. The third-order valence-corrected chi connectivity index (χ3v) is 7.45. The molecule has 190 valence electrons. The van der Waals surface area contributed by atoms with Gasteiger partial charge in [-0.3, -0.25) is 4.79 Å². The molecule has 1 saturated carbocycles. The van der Waals surface area contributed by atoms with Gasteiger partial charge in [0.05, 0.1) is 22.1 Å². The summed E-state index contributed by atoms with van der Waals surface area (Å²) in [6, 6.07) is 10.4. The quantitative estimate of drug-likeness (QED) is 0.320. The molecule has 0 bridgehead atoms. The van der Waals surface area contributed by atoms with Crippen LogP contribution in [0.1, 0.15) is 62.2 Å². The monoisotopic (exact) mass is 522 g/mol. The summed E-state index contributed by atoms with van der Waals surface area (Å²) >= 11 is 6.22. The van der Waals surface area contributed by atoms with Crippen molar-refractivity contribution in [2.24, 2.45) is 0 Å². The molecule has 0 saturated heterocycles. The molecule has 2 aromatic carbocycles. The van der Waals surface area contributed by atoms with Crippen molar-refractivity contribution in [3.05, 3.63) is 53.1 Å². The summed E-state index contributed by atoms with van der Waals surface area (Å²) in [7, 11) is -3.69. The van der Waals surface area contributed by atoms with Crippen LogP contribution >= 0.6 is 11.6 Å². The zero-order valence-corrected chi connectivity index (χ0v) is 21.3. The van der Waals surface area contributed by atoms with Crippen molar-refractivity contribution in [3.63, 3.8) is 0 Å². The SMILES string of the molecule is CCCCOC(=O)c1ccc(NC(=O)COc2ccc(S(=O)(=O)NC3CCCCC3)cc2Cl)cc1. The molecule has 35 heavy (non-hydrogen) atoms. The normalized spacial score (nSPS) is 14.3.